The minimum atomic E-state index is -0.341. The SMILES string of the molecule is CCCC(=O)N1CCOC2(CCN(C(=O)c3cc(C(C)C)nc(N)n3)CC2)C1. The average Bonchev–Trinajstić information content (AvgIpc) is 2.68. The summed E-state index contributed by atoms with van der Waals surface area (Å²) in [5.41, 5.74) is 6.57. The van der Waals surface area contributed by atoms with Crippen molar-refractivity contribution in [3.8, 4) is 0 Å². The highest BCUT2D eigenvalue weighted by Gasteiger charge is 2.41. The lowest BCUT2D eigenvalue weighted by atomic mass is 9.89. The Morgan fingerprint density at radius 2 is 1.93 bits per heavy atom. The Balaban J connectivity index is 1.65. The van der Waals surface area contributed by atoms with Crippen LogP contribution in [-0.4, -0.2) is 70.0 Å². The van der Waals surface area contributed by atoms with Gasteiger partial charge in [0, 0.05) is 38.3 Å². The summed E-state index contributed by atoms with van der Waals surface area (Å²) in [5, 5.41) is 0. The van der Waals surface area contributed by atoms with Gasteiger partial charge in [0.25, 0.3) is 5.91 Å². The predicted octanol–water partition coefficient (Wildman–Crippen LogP) is 1.82. The lowest BCUT2D eigenvalue weighted by molar-refractivity contribution is -0.158. The number of carbonyl (C=O) groups is 2. The molecule has 0 radical (unpaired) electrons. The second-order valence-electron chi connectivity index (χ2n) is 8.08. The molecule has 0 unspecified atom stereocenters. The van der Waals surface area contributed by atoms with Gasteiger partial charge >= 0.3 is 0 Å². The number of nitrogen functional groups attached to an aromatic ring is 1. The van der Waals surface area contributed by atoms with Gasteiger partial charge in [0.2, 0.25) is 11.9 Å². The van der Waals surface area contributed by atoms with Crippen LogP contribution in [-0.2, 0) is 9.53 Å². The fourth-order valence-electron chi connectivity index (χ4n) is 3.90. The number of aromatic nitrogens is 2. The molecule has 8 nitrogen and oxygen atoms in total. The number of amides is 2. The van der Waals surface area contributed by atoms with Crippen molar-refractivity contribution >= 4 is 17.8 Å². The average molecular weight is 390 g/mol. The Morgan fingerprint density at radius 1 is 1.21 bits per heavy atom. The van der Waals surface area contributed by atoms with Gasteiger partial charge < -0.3 is 20.3 Å². The van der Waals surface area contributed by atoms with Crippen LogP contribution >= 0.6 is 0 Å². The van der Waals surface area contributed by atoms with E-state index >= 15 is 0 Å². The van der Waals surface area contributed by atoms with Gasteiger partial charge in [0.1, 0.15) is 5.69 Å². The molecule has 2 fully saturated rings. The highest BCUT2D eigenvalue weighted by atomic mass is 16.5. The number of hydrogen-bond acceptors (Lipinski definition) is 6. The molecule has 0 atom stereocenters. The van der Waals surface area contributed by atoms with Crippen LogP contribution in [0.25, 0.3) is 0 Å². The third-order valence-electron chi connectivity index (χ3n) is 5.60. The standard InChI is InChI=1S/C20H31N5O3/c1-4-5-17(26)25-10-11-28-20(13-25)6-8-24(9-7-20)18(27)16-12-15(14(2)3)22-19(21)23-16/h12,14H,4-11,13H2,1-3H3,(H2,21,22,23). The van der Waals surface area contributed by atoms with Crippen LogP contribution in [0.5, 0.6) is 0 Å². The van der Waals surface area contributed by atoms with Crippen molar-refractivity contribution in [3.63, 3.8) is 0 Å². The van der Waals surface area contributed by atoms with Crippen molar-refractivity contribution in [1.29, 1.82) is 0 Å². The fourth-order valence-corrected chi connectivity index (χ4v) is 3.90. The molecule has 0 aliphatic carbocycles. The summed E-state index contributed by atoms with van der Waals surface area (Å²) >= 11 is 0. The summed E-state index contributed by atoms with van der Waals surface area (Å²) in [6.45, 7) is 9.02. The van der Waals surface area contributed by atoms with Crippen LogP contribution in [0, 0.1) is 0 Å². The van der Waals surface area contributed by atoms with Gasteiger partial charge in [-0.05, 0) is 31.2 Å². The number of ether oxygens (including phenoxy) is 1. The van der Waals surface area contributed by atoms with E-state index in [0.29, 0.717) is 57.7 Å². The zero-order valence-corrected chi connectivity index (χ0v) is 17.1. The Morgan fingerprint density at radius 3 is 2.57 bits per heavy atom. The molecular weight excluding hydrogens is 358 g/mol. The number of anilines is 1. The van der Waals surface area contributed by atoms with Crippen molar-refractivity contribution < 1.29 is 14.3 Å². The Bertz CT molecular complexity index is 729. The predicted molar refractivity (Wildman–Crippen MR) is 106 cm³/mol. The van der Waals surface area contributed by atoms with Gasteiger partial charge in [-0.1, -0.05) is 20.8 Å². The molecule has 1 aromatic rings. The first-order valence-electron chi connectivity index (χ1n) is 10.2. The van der Waals surface area contributed by atoms with E-state index in [9.17, 15) is 9.59 Å². The molecule has 8 heteroatoms. The molecule has 1 aromatic heterocycles. The molecule has 154 valence electrons. The number of carbonyl (C=O) groups excluding carboxylic acids is 2. The maximum absolute atomic E-state index is 12.9. The number of piperidine rings is 1. The molecule has 3 heterocycles. The first-order chi connectivity index (χ1) is 13.3. The zero-order chi connectivity index (χ0) is 20.3. The van der Waals surface area contributed by atoms with Gasteiger partial charge in [0.05, 0.1) is 12.2 Å². The van der Waals surface area contributed by atoms with Crippen LogP contribution in [0.15, 0.2) is 6.07 Å². The Hall–Kier alpha value is -2.22. The zero-order valence-electron chi connectivity index (χ0n) is 17.1. The van der Waals surface area contributed by atoms with Crippen molar-refractivity contribution in [3.05, 3.63) is 17.5 Å². The Kier molecular flexibility index (Phi) is 6.17. The van der Waals surface area contributed by atoms with Crippen LogP contribution < -0.4 is 5.73 Å². The summed E-state index contributed by atoms with van der Waals surface area (Å²) in [5.74, 6) is 0.370. The van der Waals surface area contributed by atoms with E-state index in [2.05, 4.69) is 9.97 Å². The monoisotopic (exact) mass is 389 g/mol. The quantitative estimate of drug-likeness (QED) is 0.843. The number of rotatable bonds is 4. The molecule has 2 amide bonds. The minimum Gasteiger partial charge on any atom is -0.371 e. The second-order valence-corrected chi connectivity index (χ2v) is 8.08. The summed E-state index contributed by atoms with van der Waals surface area (Å²) in [4.78, 5) is 37.3. The van der Waals surface area contributed by atoms with E-state index in [1.807, 2.05) is 25.7 Å². The minimum absolute atomic E-state index is 0.124. The maximum Gasteiger partial charge on any atom is 0.272 e. The number of hydrogen-bond donors (Lipinski definition) is 1. The second kappa shape index (κ2) is 8.43. The molecule has 2 N–H and O–H groups in total. The molecular formula is C20H31N5O3. The highest BCUT2D eigenvalue weighted by Crippen LogP contribution is 2.31. The molecule has 3 rings (SSSR count). The van der Waals surface area contributed by atoms with E-state index in [0.717, 1.165) is 12.1 Å². The molecule has 2 aliphatic rings. The van der Waals surface area contributed by atoms with Gasteiger partial charge in [-0.2, -0.15) is 0 Å². The van der Waals surface area contributed by atoms with Gasteiger partial charge in [-0.25, -0.2) is 9.97 Å². The van der Waals surface area contributed by atoms with Crippen molar-refractivity contribution in [2.24, 2.45) is 0 Å². The van der Waals surface area contributed by atoms with Crippen LogP contribution in [0.1, 0.15) is 68.6 Å². The number of nitrogens with zero attached hydrogens (tertiary/aromatic N) is 4. The van der Waals surface area contributed by atoms with Crippen molar-refractivity contribution in [2.45, 2.75) is 58.0 Å². The van der Waals surface area contributed by atoms with Gasteiger partial charge in [-0.15, -0.1) is 0 Å². The summed E-state index contributed by atoms with van der Waals surface area (Å²) in [7, 11) is 0. The number of morpholine rings is 1. The van der Waals surface area contributed by atoms with Gasteiger partial charge in [-0.3, -0.25) is 9.59 Å². The van der Waals surface area contributed by atoms with Crippen LogP contribution in [0.2, 0.25) is 0 Å². The van der Waals surface area contributed by atoms with Crippen molar-refractivity contribution in [1.82, 2.24) is 19.8 Å². The third kappa shape index (κ3) is 4.43. The summed E-state index contributed by atoms with van der Waals surface area (Å²) < 4.78 is 6.09. The summed E-state index contributed by atoms with van der Waals surface area (Å²) in [6, 6.07) is 1.73. The normalized spacial score (nSPS) is 19.3. The molecule has 0 aromatic carbocycles. The number of likely N-dealkylation sites (tertiary alicyclic amines) is 1. The molecule has 0 bridgehead atoms. The largest absolute Gasteiger partial charge is 0.371 e. The topological polar surface area (TPSA) is 102 Å². The van der Waals surface area contributed by atoms with E-state index in [1.54, 1.807) is 11.0 Å². The molecule has 2 saturated heterocycles. The third-order valence-corrected chi connectivity index (χ3v) is 5.60. The van der Waals surface area contributed by atoms with E-state index in [-0.39, 0.29) is 29.3 Å². The van der Waals surface area contributed by atoms with E-state index in [1.165, 1.54) is 0 Å². The molecule has 0 saturated carbocycles. The van der Waals surface area contributed by atoms with Gasteiger partial charge in [0.15, 0.2) is 0 Å². The van der Waals surface area contributed by atoms with E-state index < -0.39 is 0 Å². The molecule has 28 heavy (non-hydrogen) atoms. The van der Waals surface area contributed by atoms with Crippen LogP contribution in [0.4, 0.5) is 5.95 Å². The Labute approximate surface area is 166 Å². The smallest absolute Gasteiger partial charge is 0.272 e. The highest BCUT2D eigenvalue weighted by molar-refractivity contribution is 5.92. The number of nitrogens with two attached hydrogens (primary N) is 1. The molecule has 2 aliphatic heterocycles. The lowest BCUT2D eigenvalue weighted by Gasteiger charge is -2.47. The first kappa shape index (κ1) is 20.5. The lowest BCUT2D eigenvalue weighted by Crippen LogP contribution is -2.58. The fraction of sp³-hybridized carbons (Fsp3) is 0.700. The van der Waals surface area contributed by atoms with Crippen LogP contribution in [0.3, 0.4) is 0 Å². The molecule has 1 spiro atoms. The first-order valence-corrected chi connectivity index (χ1v) is 10.2. The summed E-state index contributed by atoms with van der Waals surface area (Å²) in [6.07, 6.45) is 2.86. The van der Waals surface area contributed by atoms with Crippen molar-refractivity contribution in [2.75, 3.05) is 38.5 Å². The maximum atomic E-state index is 12.9. The van der Waals surface area contributed by atoms with E-state index in [4.69, 9.17) is 10.5 Å².